The van der Waals surface area contributed by atoms with E-state index < -0.39 is 7.26 Å². The minimum atomic E-state index is -1.56. The van der Waals surface area contributed by atoms with Gasteiger partial charge in [0.2, 0.25) is 0 Å². The lowest BCUT2D eigenvalue weighted by Crippen LogP contribution is -2.08. The third kappa shape index (κ3) is 5.68. The lowest BCUT2D eigenvalue weighted by atomic mass is 10.3. The summed E-state index contributed by atoms with van der Waals surface area (Å²) in [6, 6.07) is 0. The third-order valence-electron chi connectivity index (χ3n) is 5.08. The van der Waals surface area contributed by atoms with Gasteiger partial charge in [-0.05, 0) is 77.7 Å². The highest BCUT2D eigenvalue weighted by atomic mass is 31.2. The van der Waals surface area contributed by atoms with Gasteiger partial charge < -0.3 is 0 Å². The Morgan fingerprint density at radius 1 is 0.480 bits per heavy atom. The fourth-order valence-electron chi connectivity index (χ4n) is 4.15. The summed E-state index contributed by atoms with van der Waals surface area (Å²) >= 11 is 0. The van der Waals surface area contributed by atoms with Crippen LogP contribution in [-0.4, -0.2) is 0 Å². The Morgan fingerprint density at radius 3 is 0.800 bits per heavy atom. The summed E-state index contributed by atoms with van der Waals surface area (Å²) < 4.78 is 0. The molecule has 1 heteroatoms. The second kappa shape index (κ2) is 13.6. The van der Waals surface area contributed by atoms with Crippen molar-refractivity contribution in [3.63, 3.8) is 0 Å². The second-order valence-electron chi connectivity index (χ2n) is 6.79. The van der Waals surface area contributed by atoms with Crippen LogP contribution in [0.3, 0.4) is 0 Å². The largest absolute Gasteiger partial charge is 0.125 e. The van der Waals surface area contributed by atoms with Crippen LogP contribution < -0.4 is 0 Å². The van der Waals surface area contributed by atoms with Crippen LogP contribution in [0.4, 0.5) is 0 Å². The molecule has 0 aliphatic carbocycles. The van der Waals surface area contributed by atoms with E-state index in [1.807, 2.05) is 0 Å². The molecule has 0 amide bonds. The molecule has 0 heterocycles. The van der Waals surface area contributed by atoms with Crippen LogP contribution in [0.25, 0.3) is 0 Å². The van der Waals surface area contributed by atoms with Gasteiger partial charge in [0.05, 0.1) is 21.3 Å². The van der Waals surface area contributed by atoms with E-state index in [9.17, 15) is 0 Å². The van der Waals surface area contributed by atoms with Crippen LogP contribution in [0.2, 0.25) is 0 Å². The highest BCUT2D eigenvalue weighted by Crippen LogP contribution is 2.85. The van der Waals surface area contributed by atoms with Gasteiger partial charge in [-0.1, -0.05) is 27.7 Å². The maximum absolute atomic E-state index is 2.47. The van der Waals surface area contributed by atoms with E-state index in [1.165, 1.54) is 51.4 Å². The van der Waals surface area contributed by atoms with Gasteiger partial charge in [-0.3, -0.25) is 0 Å². The smallest absolute Gasteiger partial charge is 0.0649 e. The van der Waals surface area contributed by atoms with Crippen molar-refractivity contribution in [2.75, 3.05) is 0 Å². The average molecular weight is 364 g/mol. The monoisotopic (exact) mass is 363 g/mol. The van der Waals surface area contributed by atoms with E-state index in [2.05, 4.69) is 79.7 Å². The maximum Gasteiger partial charge on any atom is 0.125 e. The summed E-state index contributed by atoms with van der Waals surface area (Å²) in [6.45, 7) is 18.4. The Labute approximate surface area is 159 Å². The van der Waals surface area contributed by atoms with Crippen molar-refractivity contribution >= 4 is 7.26 Å². The van der Waals surface area contributed by atoms with Gasteiger partial charge in [0.15, 0.2) is 0 Å². The molecule has 0 aromatic carbocycles. The van der Waals surface area contributed by atoms with Crippen LogP contribution in [0.1, 0.15) is 107 Å². The summed E-state index contributed by atoms with van der Waals surface area (Å²) in [5.74, 6) is 0. The topological polar surface area (TPSA) is 0 Å². The van der Waals surface area contributed by atoms with Gasteiger partial charge in [-0.2, -0.15) is 0 Å². The zero-order valence-electron chi connectivity index (χ0n) is 18.4. The molecule has 0 unspecified atom stereocenters. The Kier molecular flexibility index (Phi) is 13.2. The summed E-state index contributed by atoms with van der Waals surface area (Å²) in [5.41, 5.74) is 0. The molecule has 0 aliphatic heterocycles. The molecular weight excluding hydrogens is 319 g/mol. The first-order valence-corrected chi connectivity index (χ1v) is 12.4. The van der Waals surface area contributed by atoms with Crippen molar-refractivity contribution in [2.24, 2.45) is 0 Å². The van der Waals surface area contributed by atoms with Gasteiger partial charge in [0.1, 0.15) is 7.26 Å². The first kappa shape index (κ1) is 24.4. The van der Waals surface area contributed by atoms with E-state index in [0.717, 1.165) is 0 Å². The Morgan fingerprint density at radius 2 is 0.680 bits per heavy atom. The molecule has 0 aromatic heterocycles. The van der Waals surface area contributed by atoms with Gasteiger partial charge in [0.25, 0.3) is 0 Å². The average Bonchev–Trinajstić information content (AvgIpc) is 2.63. The summed E-state index contributed by atoms with van der Waals surface area (Å²) in [5, 5.41) is 6.89. The van der Waals surface area contributed by atoms with Gasteiger partial charge >= 0.3 is 0 Å². The fraction of sp³-hybridized carbons (Fsp3) is 0.667. The fourth-order valence-corrected chi connectivity index (χ4v) is 10.2. The van der Waals surface area contributed by atoms with Crippen molar-refractivity contribution < 1.29 is 0 Å². The molecule has 0 atom stereocenters. The quantitative estimate of drug-likeness (QED) is 0.303. The van der Waals surface area contributed by atoms with E-state index in [4.69, 9.17) is 0 Å². The molecule has 0 saturated heterocycles. The highest BCUT2D eigenvalue weighted by Gasteiger charge is 2.51. The predicted octanol–water partition coefficient (Wildman–Crippen LogP) is 9.82. The number of hydrogen-bond acceptors (Lipinski definition) is 0. The molecule has 0 radical (unpaired) electrons. The van der Waals surface area contributed by atoms with Crippen LogP contribution in [-0.2, 0) is 0 Å². The maximum atomic E-state index is 2.47. The zero-order chi connectivity index (χ0) is 19.3. The molecule has 0 saturated carbocycles. The molecule has 144 valence electrons. The molecule has 0 rings (SSSR count). The number of rotatable bonds is 12. The van der Waals surface area contributed by atoms with Crippen molar-refractivity contribution in [3.8, 4) is 0 Å². The highest BCUT2D eigenvalue weighted by molar-refractivity contribution is 7.90. The molecule has 0 aliphatic rings. The van der Waals surface area contributed by atoms with Crippen molar-refractivity contribution in [1.29, 1.82) is 0 Å². The van der Waals surface area contributed by atoms with Crippen LogP contribution in [0, 0.1) is 0 Å². The Balaban J connectivity index is 6.92. The van der Waals surface area contributed by atoms with Crippen LogP contribution in [0.15, 0.2) is 45.6 Å². The second-order valence-corrected chi connectivity index (χ2v) is 10.4. The van der Waals surface area contributed by atoms with Crippen LogP contribution >= 0.6 is 7.26 Å². The lowest BCUT2D eigenvalue weighted by molar-refractivity contribution is 0.898. The standard InChI is InChI=1S/C24H44P/c1-9-17-21(13-5)25(22(14-6)18-10-2,23(15-7)19-11-3)24(16-8)20-12-4/h13-16H,9-12,17-20H2,1-8H3/q+1/b21-13-,22-14-,23-15-,24-16-. The van der Waals surface area contributed by atoms with Crippen molar-refractivity contribution in [2.45, 2.75) is 107 Å². The molecule has 0 nitrogen and oxygen atoms in total. The van der Waals surface area contributed by atoms with Crippen molar-refractivity contribution in [3.05, 3.63) is 45.6 Å². The number of allylic oxidation sites excluding steroid dienone is 8. The first-order valence-electron chi connectivity index (χ1n) is 10.6. The van der Waals surface area contributed by atoms with Crippen molar-refractivity contribution in [1.82, 2.24) is 0 Å². The molecule has 0 N–H and O–H groups in total. The Hall–Kier alpha value is -0.610. The van der Waals surface area contributed by atoms with Gasteiger partial charge in [-0.25, -0.2) is 0 Å². The summed E-state index contributed by atoms with van der Waals surface area (Å²) in [7, 11) is -1.56. The summed E-state index contributed by atoms with van der Waals surface area (Å²) in [4.78, 5) is 0. The lowest BCUT2D eigenvalue weighted by Gasteiger charge is -2.35. The van der Waals surface area contributed by atoms with E-state index in [1.54, 1.807) is 21.3 Å². The van der Waals surface area contributed by atoms with Gasteiger partial charge in [-0.15, -0.1) is 0 Å². The molecule has 0 fully saturated rings. The summed E-state index contributed by atoms with van der Waals surface area (Å²) in [6.07, 6.45) is 19.7. The minimum absolute atomic E-state index is 1.23. The zero-order valence-corrected chi connectivity index (χ0v) is 19.3. The Bertz CT molecular complexity index is 395. The van der Waals surface area contributed by atoms with E-state index in [-0.39, 0.29) is 0 Å². The normalized spacial score (nSPS) is 15.0. The van der Waals surface area contributed by atoms with E-state index >= 15 is 0 Å². The predicted molar refractivity (Wildman–Crippen MR) is 122 cm³/mol. The first-order chi connectivity index (χ1) is 12.1. The molecule has 0 bridgehead atoms. The number of hydrogen-bond donors (Lipinski definition) is 0. The van der Waals surface area contributed by atoms with Crippen LogP contribution in [0.5, 0.6) is 0 Å². The molecular formula is C24H44P+. The minimum Gasteiger partial charge on any atom is -0.0649 e. The third-order valence-corrected chi connectivity index (χ3v) is 10.5. The van der Waals surface area contributed by atoms with Gasteiger partial charge in [0, 0.05) is 25.7 Å². The SMILES string of the molecule is C/C=C(/CCC)[P+](/C(=C\C)CCC)(/C(=C\C)CCC)/C(=C\C)CCC. The van der Waals surface area contributed by atoms with E-state index in [0.29, 0.717) is 0 Å². The molecule has 0 spiro atoms. The molecule has 25 heavy (non-hydrogen) atoms. The molecule has 0 aromatic rings.